The van der Waals surface area contributed by atoms with E-state index in [0.717, 1.165) is 0 Å². The SMILES string of the molecule is [N-]=[N+]=NC(N=[N+]=[N-])c1ccc(-c2ccccc2C(=O)O)cc1. The molecule has 0 amide bonds. The molecule has 0 fully saturated rings. The van der Waals surface area contributed by atoms with Crippen LogP contribution in [0.2, 0.25) is 0 Å². The first kappa shape index (κ1) is 14.9. The molecule has 22 heavy (non-hydrogen) atoms. The average Bonchev–Trinajstić information content (AvgIpc) is 2.55. The van der Waals surface area contributed by atoms with Gasteiger partial charge in [-0.05, 0) is 33.8 Å². The Labute approximate surface area is 124 Å². The van der Waals surface area contributed by atoms with Crippen LogP contribution in [0.4, 0.5) is 0 Å². The lowest BCUT2D eigenvalue weighted by Gasteiger charge is -2.09. The molecular weight excluding hydrogens is 284 g/mol. The maximum Gasteiger partial charge on any atom is 0.336 e. The highest BCUT2D eigenvalue weighted by atomic mass is 16.4. The van der Waals surface area contributed by atoms with Gasteiger partial charge in [-0.1, -0.05) is 52.7 Å². The molecule has 1 N–H and O–H groups in total. The molecule has 2 aromatic carbocycles. The Hall–Kier alpha value is -3.47. The lowest BCUT2D eigenvalue weighted by atomic mass is 9.98. The Morgan fingerprint density at radius 2 is 1.59 bits per heavy atom. The van der Waals surface area contributed by atoms with Crippen molar-refractivity contribution in [2.75, 3.05) is 0 Å². The highest BCUT2D eigenvalue weighted by Gasteiger charge is 2.12. The molecule has 0 aromatic heterocycles. The predicted octanol–water partition coefficient (Wildman–Crippen LogP) is 4.67. The Morgan fingerprint density at radius 3 is 2.14 bits per heavy atom. The Bertz CT molecular complexity index is 771. The normalized spacial score (nSPS) is 10.9. The maximum absolute atomic E-state index is 11.2. The molecule has 0 saturated carbocycles. The number of hydrogen-bond donors (Lipinski definition) is 1. The minimum Gasteiger partial charge on any atom is -0.478 e. The van der Waals surface area contributed by atoms with Gasteiger partial charge in [-0.25, -0.2) is 4.79 Å². The molecule has 0 radical (unpaired) electrons. The Kier molecular flexibility index (Phi) is 4.62. The zero-order valence-electron chi connectivity index (χ0n) is 11.2. The summed E-state index contributed by atoms with van der Waals surface area (Å²) in [5, 5.41) is 16.0. The van der Waals surface area contributed by atoms with Gasteiger partial charge in [0.25, 0.3) is 0 Å². The second kappa shape index (κ2) is 6.81. The average molecular weight is 294 g/mol. The quantitative estimate of drug-likeness (QED) is 0.487. The smallest absolute Gasteiger partial charge is 0.336 e. The van der Waals surface area contributed by atoms with E-state index >= 15 is 0 Å². The van der Waals surface area contributed by atoms with Crippen molar-refractivity contribution in [2.45, 2.75) is 6.17 Å². The van der Waals surface area contributed by atoms with Gasteiger partial charge in [0.15, 0.2) is 0 Å². The summed E-state index contributed by atoms with van der Waals surface area (Å²) < 4.78 is 0. The van der Waals surface area contributed by atoms with E-state index in [0.29, 0.717) is 16.7 Å². The van der Waals surface area contributed by atoms with Crippen LogP contribution < -0.4 is 0 Å². The van der Waals surface area contributed by atoms with Gasteiger partial charge in [0.1, 0.15) is 6.17 Å². The number of carboxylic acids is 1. The van der Waals surface area contributed by atoms with Crippen LogP contribution in [0.3, 0.4) is 0 Å². The van der Waals surface area contributed by atoms with Gasteiger partial charge in [-0.15, -0.1) is 0 Å². The molecule has 2 rings (SSSR count). The fourth-order valence-corrected chi connectivity index (χ4v) is 2.01. The topological polar surface area (TPSA) is 135 Å². The molecule has 0 bridgehead atoms. The van der Waals surface area contributed by atoms with Crippen molar-refractivity contribution in [3.63, 3.8) is 0 Å². The number of hydrogen-bond acceptors (Lipinski definition) is 3. The van der Waals surface area contributed by atoms with E-state index in [2.05, 4.69) is 20.1 Å². The van der Waals surface area contributed by atoms with Crippen molar-refractivity contribution in [3.05, 3.63) is 80.5 Å². The second-order valence-corrected chi connectivity index (χ2v) is 4.26. The maximum atomic E-state index is 11.2. The third kappa shape index (κ3) is 3.16. The molecule has 0 aliphatic carbocycles. The number of aromatic carboxylic acids is 1. The summed E-state index contributed by atoms with van der Waals surface area (Å²) in [6.45, 7) is 0. The number of carboxylic acid groups (broad SMARTS) is 1. The first-order chi connectivity index (χ1) is 10.7. The van der Waals surface area contributed by atoms with Gasteiger partial charge < -0.3 is 5.11 Å². The summed E-state index contributed by atoms with van der Waals surface area (Å²) in [4.78, 5) is 16.5. The molecule has 0 atom stereocenters. The molecule has 0 unspecified atom stereocenters. The monoisotopic (exact) mass is 294 g/mol. The van der Waals surface area contributed by atoms with Gasteiger partial charge in [-0.2, -0.15) is 0 Å². The summed E-state index contributed by atoms with van der Waals surface area (Å²) in [7, 11) is 0. The van der Waals surface area contributed by atoms with Gasteiger partial charge in [-0.3, -0.25) is 0 Å². The fraction of sp³-hybridized carbons (Fsp3) is 0.0714. The molecule has 0 aliphatic rings. The third-order valence-electron chi connectivity index (χ3n) is 3.00. The second-order valence-electron chi connectivity index (χ2n) is 4.26. The van der Waals surface area contributed by atoms with Crippen molar-refractivity contribution >= 4 is 5.97 Å². The first-order valence-electron chi connectivity index (χ1n) is 6.18. The molecule has 8 heteroatoms. The van der Waals surface area contributed by atoms with Crippen LogP contribution in [0, 0.1) is 0 Å². The van der Waals surface area contributed by atoms with Gasteiger partial charge in [0.2, 0.25) is 0 Å². The van der Waals surface area contributed by atoms with E-state index in [1.165, 1.54) is 6.07 Å². The zero-order valence-corrected chi connectivity index (χ0v) is 11.2. The molecule has 0 aliphatic heterocycles. The minimum absolute atomic E-state index is 0.192. The molecule has 8 nitrogen and oxygen atoms in total. The van der Waals surface area contributed by atoms with Crippen molar-refractivity contribution < 1.29 is 9.90 Å². The van der Waals surface area contributed by atoms with Crippen LogP contribution in [0.25, 0.3) is 32.0 Å². The summed E-state index contributed by atoms with van der Waals surface area (Å²) in [6.07, 6.45) is -0.973. The molecule has 2 aromatic rings. The van der Waals surface area contributed by atoms with Crippen molar-refractivity contribution in [1.82, 2.24) is 0 Å². The zero-order chi connectivity index (χ0) is 15.9. The summed E-state index contributed by atoms with van der Waals surface area (Å²) in [6, 6.07) is 13.3. The van der Waals surface area contributed by atoms with E-state index in [1.54, 1.807) is 42.5 Å². The Balaban J connectivity index is 2.43. The van der Waals surface area contributed by atoms with E-state index in [4.69, 9.17) is 11.1 Å². The van der Waals surface area contributed by atoms with Crippen LogP contribution >= 0.6 is 0 Å². The van der Waals surface area contributed by atoms with Crippen LogP contribution in [-0.2, 0) is 0 Å². The van der Waals surface area contributed by atoms with E-state index in [-0.39, 0.29) is 5.56 Å². The number of azide groups is 1. The Morgan fingerprint density at radius 1 is 1.00 bits per heavy atom. The number of rotatable bonds is 5. The van der Waals surface area contributed by atoms with E-state index in [9.17, 15) is 9.90 Å². The fourth-order valence-electron chi connectivity index (χ4n) is 2.01. The summed E-state index contributed by atoms with van der Waals surface area (Å²) in [5.41, 5.74) is 18.9. The van der Waals surface area contributed by atoms with Gasteiger partial charge in [0.05, 0.1) is 5.56 Å². The van der Waals surface area contributed by atoms with E-state index < -0.39 is 12.1 Å². The van der Waals surface area contributed by atoms with Gasteiger partial charge in [0, 0.05) is 9.82 Å². The minimum atomic E-state index is -1.01. The molecule has 0 spiro atoms. The summed E-state index contributed by atoms with van der Waals surface area (Å²) >= 11 is 0. The summed E-state index contributed by atoms with van der Waals surface area (Å²) in [5.74, 6) is -1.01. The lowest BCUT2D eigenvalue weighted by Crippen LogP contribution is -1.99. The highest BCUT2D eigenvalue weighted by molar-refractivity contribution is 5.95. The van der Waals surface area contributed by atoms with E-state index in [1.807, 2.05) is 0 Å². The largest absolute Gasteiger partial charge is 0.478 e. The number of nitrogens with zero attached hydrogens (tertiary/aromatic N) is 6. The lowest BCUT2D eigenvalue weighted by molar-refractivity contribution is 0.0697. The van der Waals surface area contributed by atoms with Crippen LogP contribution in [-0.4, -0.2) is 11.1 Å². The van der Waals surface area contributed by atoms with Gasteiger partial charge >= 0.3 is 5.97 Å². The van der Waals surface area contributed by atoms with Crippen LogP contribution in [0.5, 0.6) is 0 Å². The van der Waals surface area contributed by atoms with Crippen molar-refractivity contribution in [2.24, 2.45) is 10.2 Å². The third-order valence-corrected chi connectivity index (χ3v) is 3.00. The van der Waals surface area contributed by atoms with Crippen molar-refractivity contribution in [1.29, 1.82) is 0 Å². The molecular formula is C14H10N6O2. The molecule has 108 valence electrons. The molecule has 0 saturated heterocycles. The van der Waals surface area contributed by atoms with Crippen LogP contribution in [0.15, 0.2) is 58.8 Å². The first-order valence-corrected chi connectivity index (χ1v) is 6.18. The predicted molar refractivity (Wildman–Crippen MR) is 79.9 cm³/mol. The van der Waals surface area contributed by atoms with Crippen molar-refractivity contribution in [3.8, 4) is 11.1 Å². The van der Waals surface area contributed by atoms with Crippen LogP contribution in [0.1, 0.15) is 22.1 Å². The standard InChI is InChI=1S/C14H10N6O2/c15-19-17-13(18-20-16)10-7-5-9(6-8-10)11-3-1-2-4-12(11)14(21)22/h1-8,13H,(H,21,22). The number of benzene rings is 2. The highest BCUT2D eigenvalue weighted by Crippen LogP contribution is 2.27. The number of carbonyl (C=O) groups is 1. The molecule has 0 heterocycles.